The van der Waals surface area contributed by atoms with Gasteiger partial charge in [-0.2, -0.15) is 10.1 Å². The number of nitrogens with one attached hydrogen (secondary N) is 1. The summed E-state index contributed by atoms with van der Waals surface area (Å²) in [7, 11) is 1.77. The third-order valence-electron chi connectivity index (χ3n) is 5.35. The summed E-state index contributed by atoms with van der Waals surface area (Å²) in [6.07, 6.45) is 3.20. The average molecular weight is 326 g/mol. The molecule has 24 heavy (non-hydrogen) atoms. The standard InChI is InChI=1S/C18H22N4O2/c1-11(2)12-4-5-15-13(8-12)18(6-7-24-15)9-14(18)16(23)21-17-19-10-20-22(17)3/h4-5,8,10-11,14H,6-7,9H2,1-3H3,(H,19,20,21,23)/t14-,18-/m0/s1. The molecule has 6 nitrogen and oxygen atoms in total. The Kier molecular flexibility index (Phi) is 3.37. The Bertz CT molecular complexity index is 798. The number of hydrogen-bond acceptors (Lipinski definition) is 4. The highest BCUT2D eigenvalue weighted by molar-refractivity contribution is 5.95. The van der Waals surface area contributed by atoms with Crippen molar-refractivity contribution in [1.82, 2.24) is 14.8 Å². The van der Waals surface area contributed by atoms with E-state index >= 15 is 0 Å². The van der Waals surface area contributed by atoms with Crippen LogP contribution >= 0.6 is 0 Å². The zero-order valence-electron chi connectivity index (χ0n) is 14.2. The van der Waals surface area contributed by atoms with Crippen molar-refractivity contribution in [3.8, 4) is 5.75 Å². The van der Waals surface area contributed by atoms with Crippen molar-refractivity contribution >= 4 is 11.9 Å². The predicted octanol–water partition coefficient (Wildman–Crippen LogP) is 2.62. The average Bonchev–Trinajstić information content (AvgIpc) is 3.15. The SMILES string of the molecule is CC(C)c1ccc2c(c1)[C@]1(CCO2)C[C@H]1C(=O)Nc1ncnn1C. The van der Waals surface area contributed by atoms with E-state index in [4.69, 9.17) is 4.74 Å². The molecule has 1 fully saturated rings. The lowest BCUT2D eigenvalue weighted by Crippen LogP contribution is -2.27. The molecule has 2 aromatic rings. The van der Waals surface area contributed by atoms with E-state index in [9.17, 15) is 4.79 Å². The number of ether oxygens (including phenoxy) is 1. The maximum Gasteiger partial charge on any atom is 0.230 e. The third-order valence-corrected chi connectivity index (χ3v) is 5.35. The van der Waals surface area contributed by atoms with E-state index in [1.165, 1.54) is 17.5 Å². The van der Waals surface area contributed by atoms with Gasteiger partial charge < -0.3 is 4.74 Å². The van der Waals surface area contributed by atoms with E-state index < -0.39 is 0 Å². The largest absolute Gasteiger partial charge is 0.493 e. The van der Waals surface area contributed by atoms with Crippen LogP contribution in [-0.2, 0) is 17.3 Å². The van der Waals surface area contributed by atoms with Gasteiger partial charge in [-0.15, -0.1) is 0 Å². The number of aromatic nitrogens is 3. The van der Waals surface area contributed by atoms with Gasteiger partial charge >= 0.3 is 0 Å². The Morgan fingerprint density at radius 2 is 2.29 bits per heavy atom. The molecule has 4 rings (SSSR count). The van der Waals surface area contributed by atoms with E-state index in [0.29, 0.717) is 18.5 Å². The van der Waals surface area contributed by atoms with Crippen molar-refractivity contribution in [2.24, 2.45) is 13.0 Å². The lowest BCUT2D eigenvalue weighted by Gasteiger charge is -2.28. The van der Waals surface area contributed by atoms with Gasteiger partial charge in [-0.25, -0.2) is 4.68 Å². The second kappa shape index (κ2) is 5.33. The van der Waals surface area contributed by atoms with Gasteiger partial charge in [-0.1, -0.05) is 26.0 Å². The molecule has 1 aliphatic carbocycles. The van der Waals surface area contributed by atoms with Crippen LogP contribution in [-0.4, -0.2) is 27.3 Å². The first-order chi connectivity index (χ1) is 11.5. The van der Waals surface area contributed by atoms with Gasteiger partial charge in [-0.3, -0.25) is 10.1 Å². The number of rotatable bonds is 3. The highest BCUT2D eigenvalue weighted by Crippen LogP contribution is 2.61. The first kappa shape index (κ1) is 15.2. The smallest absolute Gasteiger partial charge is 0.230 e. The molecule has 0 bridgehead atoms. The summed E-state index contributed by atoms with van der Waals surface area (Å²) >= 11 is 0. The van der Waals surface area contributed by atoms with Gasteiger partial charge in [0.15, 0.2) is 0 Å². The highest BCUT2D eigenvalue weighted by Gasteiger charge is 2.61. The van der Waals surface area contributed by atoms with Crippen molar-refractivity contribution in [2.75, 3.05) is 11.9 Å². The summed E-state index contributed by atoms with van der Waals surface area (Å²) in [6.45, 7) is 5.04. The van der Waals surface area contributed by atoms with Crippen LogP contribution in [0.3, 0.4) is 0 Å². The first-order valence-electron chi connectivity index (χ1n) is 8.43. The van der Waals surface area contributed by atoms with Gasteiger partial charge in [0.05, 0.1) is 6.61 Å². The third kappa shape index (κ3) is 2.28. The summed E-state index contributed by atoms with van der Waals surface area (Å²) < 4.78 is 7.40. The van der Waals surface area contributed by atoms with Crippen LogP contribution in [0.5, 0.6) is 5.75 Å². The number of nitrogens with zero attached hydrogens (tertiary/aromatic N) is 3. The van der Waals surface area contributed by atoms with Crippen LogP contribution in [0.25, 0.3) is 0 Å². The summed E-state index contributed by atoms with van der Waals surface area (Å²) in [5, 5.41) is 6.89. The molecular weight excluding hydrogens is 304 g/mol. The number of benzene rings is 1. The normalized spacial score (nSPS) is 24.6. The van der Waals surface area contributed by atoms with Gasteiger partial charge in [0, 0.05) is 23.9 Å². The van der Waals surface area contributed by atoms with Crippen molar-refractivity contribution in [3.63, 3.8) is 0 Å². The number of fused-ring (bicyclic) bond motifs is 2. The first-order valence-corrected chi connectivity index (χ1v) is 8.43. The molecule has 2 atom stereocenters. The number of hydrogen-bond donors (Lipinski definition) is 1. The molecule has 1 saturated carbocycles. The van der Waals surface area contributed by atoms with Crippen molar-refractivity contribution in [1.29, 1.82) is 0 Å². The topological polar surface area (TPSA) is 69.0 Å². The van der Waals surface area contributed by atoms with Gasteiger partial charge in [0.1, 0.15) is 12.1 Å². The number of amides is 1. The molecule has 1 aromatic carbocycles. The molecule has 1 spiro atoms. The zero-order chi connectivity index (χ0) is 16.9. The quantitative estimate of drug-likeness (QED) is 0.941. The minimum Gasteiger partial charge on any atom is -0.493 e. The van der Waals surface area contributed by atoms with E-state index in [2.05, 4.69) is 47.4 Å². The molecule has 6 heteroatoms. The Labute approximate surface area is 141 Å². The number of anilines is 1. The lowest BCUT2D eigenvalue weighted by molar-refractivity contribution is -0.117. The molecule has 0 radical (unpaired) electrons. The van der Waals surface area contributed by atoms with Crippen LogP contribution < -0.4 is 10.1 Å². The number of carbonyl (C=O) groups is 1. The van der Waals surface area contributed by atoms with Crippen LogP contribution in [0.1, 0.15) is 43.7 Å². The molecule has 2 heterocycles. The van der Waals surface area contributed by atoms with Crippen molar-refractivity contribution in [2.45, 2.75) is 38.0 Å². The maximum absolute atomic E-state index is 12.7. The van der Waals surface area contributed by atoms with Crippen molar-refractivity contribution in [3.05, 3.63) is 35.7 Å². The highest BCUT2D eigenvalue weighted by atomic mass is 16.5. The van der Waals surface area contributed by atoms with E-state index in [1.807, 2.05) is 0 Å². The zero-order valence-corrected chi connectivity index (χ0v) is 14.2. The Morgan fingerprint density at radius 1 is 1.46 bits per heavy atom. The summed E-state index contributed by atoms with van der Waals surface area (Å²) in [5.41, 5.74) is 2.40. The second-order valence-electron chi connectivity index (χ2n) is 7.12. The molecule has 2 aliphatic rings. The number of aryl methyl sites for hydroxylation is 1. The minimum absolute atomic E-state index is 0.0221. The molecule has 0 saturated heterocycles. The van der Waals surface area contributed by atoms with Crippen LogP contribution in [0.15, 0.2) is 24.5 Å². The number of carbonyl (C=O) groups excluding carboxylic acids is 1. The fourth-order valence-corrected chi connectivity index (χ4v) is 3.73. The Balaban J connectivity index is 1.61. The lowest BCUT2D eigenvalue weighted by atomic mass is 9.85. The van der Waals surface area contributed by atoms with Gasteiger partial charge in [-0.05, 0) is 30.4 Å². The summed E-state index contributed by atoms with van der Waals surface area (Å²) in [5.74, 6) is 1.87. The Morgan fingerprint density at radius 3 is 3.00 bits per heavy atom. The molecule has 0 unspecified atom stereocenters. The fraction of sp³-hybridized carbons (Fsp3) is 0.500. The fourth-order valence-electron chi connectivity index (χ4n) is 3.73. The molecule has 1 aliphatic heterocycles. The molecule has 1 N–H and O–H groups in total. The molecule has 1 aromatic heterocycles. The van der Waals surface area contributed by atoms with E-state index in [1.54, 1.807) is 11.7 Å². The predicted molar refractivity (Wildman–Crippen MR) is 90.1 cm³/mol. The Hall–Kier alpha value is -2.37. The van der Waals surface area contributed by atoms with E-state index in [0.717, 1.165) is 18.6 Å². The van der Waals surface area contributed by atoms with Crippen molar-refractivity contribution < 1.29 is 9.53 Å². The van der Waals surface area contributed by atoms with E-state index in [-0.39, 0.29) is 17.2 Å². The van der Waals surface area contributed by atoms with Crippen LogP contribution in [0.4, 0.5) is 5.95 Å². The maximum atomic E-state index is 12.7. The monoisotopic (exact) mass is 326 g/mol. The minimum atomic E-state index is -0.0822. The van der Waals surface area contributed by atoms with Gasteiger partial charge in [0.2, 0.25) is 11.9 Å². The molecule has 1 amide bonds. The van der Waals surface area contributed by atoms with Crippen LogP contribution in [0.2, 0.25) is 0 Å². The molecular formula is C18H22N4O2. The molecule has 126 valence electrons. The summed E-state index contributed by atoms with van der Waals surface area (Å²) in [6, 6.07) is 6.41. The second-order valence-corrected chi connectivity index (χ2v) is 7.12. The summed E-state index contributed by atoms with van der Waals surface area (Å²) in [4.78, 5) is 16.8. The van der Waals surface area contributed by atoms with Crippen LogP contribution in [0, 0.1) is 5.92 Å². The van der Waals surface area contributed by atoms with Gasteiger partial charge in [0.25, 0.3) is 0 Å².